The first-order valence-corrected chi connectivity index (χ1v) is 11.3. The number of hydrogen-bond donors (Lipinski definition) is 5. The second-order valence-electron chi connectivity index (χ2n) is 8.43. The molecule has 204 valence electrons. The molecule has 0 radical (unpaired) electrons. The van der Waals surface area contributed by atoms with Crippen molar-refractivity contribution in [1.29, 1.82) is 0 Å². The van der Waals surface area contributed by atoms with Crippen LogP contribution in [0.2, 0.25) is 0 Å². The molecule has 0 bridgehead atoms. The van der Waals surface area contributed by atoms with Gasteiger partial charge < -0.3 is 53.6 Å². The Morgan fingerprint density at radius 2 is 1.71 bits per heavy atom. The third kappa shape index (κ3) is 5.04. The average molecular weight is 534 g/mol. The summed E-state index contributed by atoms with van der Waals surface area (Å²) in [6.45, 7) is 0.656. The number of phenols is 2. The normalized spacial score (nSPS) is 23.2. The first-order chi connectivity index (χ1) is 18.0. The van der Waals surface area contributed by atoms with Gasteiger partial charge in [0.2, 0.25) is 17.5 Å². The summed E-state index contributed by atoms with van der Waals surface area (Å²) in [6.07, 6.45) is -8.34. The van der Waals surface area contributed by atoms with Crippen LogP contribution in [0.25, 0.3) is 22.3 Å². The number of aliphatic hydroxyl groups is 3. The second kappa shape index (κ2) is 10.8. The van der Waals surface area contributed by atoms with Gasteiger partial charge in [-0.3, -0.25) is 9.59 Å². The third-order valence-corrected chi connectivity index (χ3v) is 5.94. The standard InChI is InChI=1S/C25H26O13/c1-10(26)35-9-17-19(29)21(31)22(32)25(37-17)38-24-20(30)18-14(28)7-12(33-2)8-16(18)36-23(24)11-4-5-13(27)15(6-11)34-3/h4-8,17,19,21-22,25,27-29,31-32H,9H2,1-3H3/t17-,19-,21+,22-,25+/m1/s1. The van der Waals surface area contributed by atoms with Crippen LogP contribution >= 0.6 is 0 Å². The maximum Gasteiger partial charge on any atom is 0.302 e. The Kier molecular flexibility index (Phi) is 7.64. The fourth-order valence-corrected chi connectivity index (χ4v) is 3.96. The summed E-state index contributed by atoms with van der Waals surface area (Å²) in [7, 11) is 2.67. The molecule has 13 nitrogen and oxygen atoms in total. The van der Waals surface area contributed by atoms with E-state index in [1.165, 1.54) is 44.6 Å². The summed E-state index contributed by atoms with van der Waals surface area (Å²) < 4.78 is 32.3. The molecule has 0 aliphatic carbocycles. The zero-order valence-electron chi connectivity index (χ0n) is 20.5. The highest BCUT2D eigenvalue weighted by Gasteiger charge is 2.46. The molecule has 38 heavy (non-hydrogen) atoms. The molecule has 0 saturated carbocycles. The molecule has 2 aromatic carbocycles. The minimum Gasteiger partial charge on any atom is -0.507 e. The Morgan fingerprint density at radius 3 is 2.37 bits per heavy atom. The van der Waals surface area contributed by atoms with Crippen LogP contribution < -0.4 is 19.6 Å². The van der Waals surface area contributed by atoms with Crippen molar-refractivity contribution in [3.63, 3.8) is 0 Å². The smallest absolute Gasteiger partial charge is 0.302 e. The van der Waals surface area contributed by atoms with Gasteiger partial charge in [-0.05, 0) is 18.2 Å². The number of aromatic hydroxyl groups is 2. The number of aliphatic hydroxyl groups excluding tert-OH is 3. The minimum atomic E-state index is -1.85. The zero-order valence-corrected chi connectivity index (χ0v) is 20.5. The van der Waals surface area contributed by atoms with Crippen molar-refractivity contribution in [3.8, 4) is 40.1 Å². The van der Waals surface area contributed by atoms with Crippen molar-refractivity contribution in [1.82, 2.24) is 0 Å². The Balaban J connectivity index is 1.86. The van der Waals surface area contributed by atoms with Gasteiger partial charge in [-0.1, -0.05) is 0 Å². The lowest BCUT2D eigenvalue weighted by Crippen LogP contribution is -2.60. The van der Waals surface area contributed by atoms with Crippen LogP contribution in [0.5, 0.6) is 28.7 Å². The molecule has 13 heteroatoms. The van der Waals surface area contributed by atoms with E-state index in [1.807, 2.05) is 0 Å². The molecular weight excluding hydrogens is 508 g/mol. The highest BCUT2D eigenvalue weighted by atomic mass is 16.7. The predicted molar refractivity (Wildman–Crippen MR) is 128 cm³/mol. The van der Waals surface area contributed by atoms with Crippen LogP contribution in [0.1, 0.15) is 6.92 Å². The van der Waals surface area contributed by atoms with E-state index in [4.69, 9.17) is 28.1 Å². The first-order valence-electron chi connectivity index (χ1n) is 11.3. The summed E-state index contributed by atoms with van der Waals surface area (Å²) in [6, 6.07) is 6.59. The Bertz CT molecular complexity index is 1400. The van der Waals surface area contributed by atoms with Crippen molar-refractivity contribution < 1.29 is 58.4 Å². The third-order valence-electron chi connectivity index (χ3n) is 5.94. The molecule has 0 spiro atoms. The predicted octanol–water partition coefficient (Wildman–Crippen LogP) is 0.638. The van der Waals surface area contributed by atoms with Gasteiger partial charge in [-0.15, -0.1) is 0 Å². The summed E-state index contributed by atoms with van der Waals surface area (Å²) in [5, 5.41) is 51.4. The van der Waals surface area contributed by atoms with E-state index in [9.17, 15) is 35.1 Å². The van der Waals surface area contributed by atoms with Crippen LogP contribution in [-0.4, -0.2) is 83.0 Å². The van der Waals surface area contributed by atoms with E-state index in [-0.39, 0.29) is 39.5 Å². The molecule has 1 fully saturated rings. The fourth-order valence-electron chi connectivity index (χ4n) is 3.96. The Labute approximate surface area is 214 Å². The molecule has 0 unspecified atom stereocenters. The molecule has 1 aliphatic heterocycles. The van der Waals surface area contributed by atoms with Crippen LogP contribution in [-0.2, 0) is 14.3 Å². The van der Waals surface area contributed by atoms with Crippen molar-refractivity contribution in [3.05, 3.63) is 40.6 Å². The number of rotatable bonds is 7. The number of esters is 1. The number of methoxy groups -OCH3 is 2. The number of carbonyl (C=O) groups excluding carboxylic acids is 1. The average Bonchev–Trinajstić information content (AvgIpc) is 2.89. The summed E-state index contributed by atoms with van der Waals surface area (Å²) in [4.78, 5) is 24.8. The molecule has 0 amide bonds. The van der Waals surface area contributed by atoms with Crippen molar-refractivity contribution in [2.45, 2.75) is 37.6 Å². The largest absolute Gasteiger partial charge is 0.507 e. The summed E-state index contributed by atoms with van der Waals surface area (Å²) in [5.74, 6) is -1.87. The number of hydrogen-bond acceptors (Lipinski definition) is 13. The van der Waals surface area contributed by atoms with Crippen molar-refractivity contribution >= 4 is 16.9 Å². The van der Waals surface area contributed by atoms with Crippen LogP contribution in [0, 0.1) is 0 Å². The molecule has 1 aromatic heterocycles. The Morgan fingerprint density at radius 1 is 0.974 bits per heavy atom. The van der Waals surface area contributed by atoms with Gasteiger partial charge >= 0.3 is 5.97 Å². The van der Waals surface area contributed by atoms with E-state index >= 15 is 0 Å². The Hall–Kier alpha value is -4.04. The van der Waals surface area contributed by atoms with Gasteiger partial charge in [0.25, 0.3) is 0 Å². The lowest BCUT2D eigenvalue weighted by molar-refractivity contribution is -0.278. The van der Waals surface area contributed by atoms with E-state index in [0.29, 0.717) is 0 Å². The van der Waals surface area contributed by atoms with Crippen molar-refractivity contribution in [2.75, 3.05) is 20.8 Å². The van der Waals surface area contributed by atoms with Crippen LogP contribution in [0.3, 0.4) is 0 Å². The minimum absolute atomic E-state index is 0.0404. The van der Waals surface area contributed by atoms with Gasteiger partial charge in [-0.2, -0.15) is 0 Å². The number of carbonyl (C=O) groups is 1. The van der Waals surface area contributed by atoms with E-state index in [2.05, 4.69) is 0 Å². The lowest BCUT2D eigenvalue weighted by Gasteiger charge is -2.39. The summed E-state index contributed by atoms with van der Waals surface area (Å²) in [5.41, 5.74) is -0.755. The van der Waals surface area contributed by atoms with Crippen LogP contribution in [0.4, 0.5) is 0 Å². The van der Waals surface area contributed by atoms with Gasteiger partial charge in [0, 0.05) is 24.6 Å². The molecule has 1 aliphatic rings. The van der Waals surface area contributed by atoms with Crippen LogP contribution in [0.15, 0.2) is 39.5 Å². The SMILES string of the molecule is COc1cc(O)c2c(=O)c(O[C@@H]3O[C@H](COC(C)=O)[C@@H](O)[C@H](O)[C@H]3O)c(-c3ccc(O)c(OC)c3)oc2c1. The molecule has 2 heterocycles. The number of fused-ring (bicyclic) bond motifs is 1. The number of phenolic OH excluding ortho intramolecular Hbond substituents is 2. The van der Waals surface area contributed by atoms with E-state index < -0.39 is 60.2 Å². The van der Waals surface area contributed by atoms with Gasteiger partial charge in [0.15, 0.2) is 17.3 Å². The van der Waals surface area contributed by atoms with E-state index in [1.54, 1.807) is 0 Å². The van der Waals surface area contributed by atoms with Gasteiger partial charge in [0.05, 0.1) is 14.2 Å². The number of benzene rings is 2. The fraction of sp³-hybridized carbons (Fsp3) is 0.360. The van der Waals surface area contributed by atoms with Crippen molar-refractivity contribution in [2.24, 2.45) is 0 Å². The van der Waals surface area contributed by atoms with E-state index in [0.717, 1.165) is 6.92 Å². The summed E-state index contributed by atoms with van der Waals surface area (Å²) >= 11 is 0. The molecule has 3 aromatic rings. The molecule has 1 saturated heterocycles. The number of ether oxygens (including phenoxy) is 5. The van der Waals surface area contributed by atoms with Gasteiger partial charge in [0.1, 0.15) is 53.5 Å². The topological polar surface area (TPSA) is 195 Å². The maximum atomic E-state index is 13.6. The first kappa shape index (κ1) is 27.0. The zero-order chi connectivity index (χ0) is 27.7. The van der Waals surface area contributed by atoms with Gasteiger partial charge in [-0.25, -0.2) is 0 Å². The molecule has 5 N–H and O–H groups in total. The molecule has 4 rings (SSSR count). The lowest BCUT2D eigenvalue weighted by atomic mass is 9.99. The maximum absolute atomic E-state index is 13.6. The quantitative estimate of drug-likeness (QED) is 0.265. The highest BCUT2D eigenvalue weighted by Crippen LogP contribution is 2.39. The molecular formula is C25H26O13. The highest BCUT2D eigenvalue weighted by molar-refractivity contribution is 5.88. The second-order valence-corrected chi connectivity index (χ2v) is 8.43. The monoisotopic (exact) mass is 534 g/mol. The molecule has 5 atom stereocenters.